The van der Waals surface area contributed by atoms with Gasteiger partial charge in [-0.15, -0.1) is 0 Å². The zero-order chi connectivity index (χ0) is 19.5. The number of rotatable bonds is 3. The molecular weight excluding hydrogens is 358 g/mol. The van der Waals surface area contributed by atoms with E-state index in [9.17, 15) is 9.59 Å². The highest BCUT2D eigenvalue weighted by Gasteiger charge is 2.61. The van der Waals surface area contributed by atoms with Crippen LogP contribution in [0.5, 0.6) is 0 Å². The summed E-state index contributed by atoms with van der Waals surface area (Å²) in [5.74, 6) is -0.558. The maximum Gasteiger partial charge on any atom is 0.234 e. The van der Waals surface area contributed by atoms with E-state index in [2.05, 4.69) is 24.3 Å². The molecule has 0 unspecified atom stereocenters. The third-order valence-electron chi connectivity index (χ3n) is 7.01. The fourth-order valence-corrected chi connectivity index (χ4v) is 5.85. The van der Waals surface area contributed by atoms with Crippen molar-refractivity contribution in [3.8, 4) is 0 Å². The highest BCUT2D eigenvalue weighted by Crippen LogP contribution is 2.60. The van der Waals surface area contributed by atoms with Crippen LogP contribution in [0.15, 0.2) is 78.9 Å². The van der Waals surface area contributed by atoms with Gasteiger partial charge in [0.05, 0.1) is 11.8 Å². The van der Waals surface area contributed by atoms with Gasteiger partial charge in [-0.25, -0.2) is 0 Å². The topological polar surface area (TPSA) is 37.4 Å². The summed E-state index contributed by atoms with van der Waals surface area (Å²) < 4.78 is 0. The first-order chi connectivity index (χ1) is 14.3. The molecule has 2 amide bonds. The lowest BCUT2D eigenvalue weighted by Gasteiger charge is -2.45. The number of hydrogen-bond donors (Lipinski definition) is 0. The second-order valence-electron chi connectivity index (χ2n) is 8.33. The lowest BCUT2D eigenvalue weighted by molar-refractivity contribution is -0.139. The molecule has 142 valence electrons. The van der Waals surface area contributed by atoms with Crippen molar-refractivity contribution < 1.29 is 9.59 Å². The minimum atomic E-state index is -0.270. The number of carbonyl (C=O) groups excluding carboxylic acids is 2. The number of imide groups is 1. The molecule has 3 aromatic rings. The Labute approximate surface area is 170 Å². The van der Waals surface area contributed by atoms with Crippen LogP contribution in [0.3, 0.4) is 0 Å². The van der Waals surface area contributed by atoms with Crippen LogP contribution in [-0.4, -0.2) is 23.3 Å². The van der Waals surface area contributed by atoms with Gasteiger partial charge in [0.2, 0.25) is 11.8 Å². The normalized spacial score (nSPS) is 26.3. The van der Waals surface area contributed by atoms with Gasteiger partial charge in [0.25, 0.3) is 0 Å². The van der Waals surface area contributed by atoms with Gasteiger partial charge in [-0.1, -0.05) is 78.9 Å². The van der Waals surface area contributed by atoms with E-state index in [0.717, 1.165) is 5.56 Å². The molecule has 3 aromatic carbocycles. The Morgan fingerprint density at radius 2 is 1.00 bits per heavy atom. The molecule has 0 N–H and O–H groups in total. The van der Waals surface area contributed by atoms with Crippen LogP contribution >= 0.6 is 0 Å². The molecule has 4 aliphatic rings. The van der Waals surface area contributed by atoms with Crippen LogP contribution in [0.4, 0.5) is 0 Å². The van der Waals surface area contributed by atoms with Gasteiger partial charge < -0.3 is 0 Å². The van der Waals surface area contributed by atoms with Gasteiger partial charge >= 0.3 is 0 Å². The molecule has 2 atom stereocenters. The minimum Gasteiger partial charge on any atom is -0.282 e. The van der Waals surface area contributed by atoms with Crippen molar-refractivity contribution in [1.82, 2.24) is 4.90 Å². The number of likely N-dealkylation sites (tertiary alicyclic amines) is 1. The summed E-state index contributed by atoms with van der Waals surface area (Å²) >= 11 is 0. The summed E-state index contributed by atoms with van der Waals surface area (Å²) in [5, 5.41) is 0. The van der Waals surface area contributed by atoms with Crippen molar-refractivity contribution in [1.29, 1.82) is 0 Å². The van der Waals surface area contributed by atoms with Gasteiger partial charge in [0, 0.05) is 18.4 Å². The number of hydrogen-bond acceptors (Lipinski definition) is 2. The fourth-order valence-electron chi connectivity index (χ4n) is 5.85. The largest absolute Gasteiger partial charge is 0.282 e. The first kappa shape index (κ1) is 16.7. The van der Waals surface area contributed by atoms with Crippen molar-refractivity contribution in [3.05, 3.63) is 107 Å². The monoisotopic (exact) mass is 379 g/mol. The third kappa shape index (κ3) is 2.24. The van der Waals surface area contributed by atoms with E-state index in [1.165, 1.54) is 22.3 Å². The predicted octanol–water partition coefficient (Wildman–Crippen LogP) is 4.12. The average Bonchev–Trinajstić information content (AvgIpc) is 3.03. The zero-order valence-corrected chi connectivity index (χ0v) is 16.0. The molecule has 0 radical (unpaired) electrons. The molecule has 3 heteroatoms. The van der Waals surface area contributed by atoms with Gasteiger partial charge in [-0.05, 0) is 34.2 Å². The minimum absolute atomic E-state index is 0.00920. The highest BCUT2D eigenvalue weighted by molar-refractivity contribution is 6.07. The molecule has 3 nitrogen and oxygen atoms in total. The van der Waals surface area contributed by atoms with Crippen LogP contribution in [-0.2, 0) is 16.0 Å². The van der Waals surface area contributed by atoms with Crippen molar-refractivity contribution in [2.75, 3.05) is 6.54 Å². The Morgan fingerprint density at radius 1 is 0.586 bits per heavy atom. The second kappa shape index (κ2) is 6.15. The lowest BCUT2D eigenvalue weighted by atomic mass is 9.55. The summed E-state index contributed by atoms with van der Waals surface area (Å²) in [5.41, 5.74) is 6.05. The Bertz CT molecular complexity index is 1020. The molecule has 2 bridgehead atoms. The van der Waals surface area contributed by atoms with Crippen LogP contribution in [0.1, 0.15) is 39.7 Å². The molecule has 0 aromatic heterocycles. The van der Waals surface area contributed by atoms with E-state index < -0.39 is 0 Å². The van der Waals surface area contributed by atoms with Gasteiger partial charge in [0.1, 0.15) is 0 Å². The van der Waals surface area contributed by atoms with E-state index in [-0.39, 0.29) is 35.5 Å². The Hall–Kier alpha value is -3.20. The maximum absolute atomic E-state index is 13.5. The first-order valence-electron chi connectivity index (χ1n) is 10.3. The summed E-state index contributed by atoms with van der Waals surface area (Å²) in [6, 6.07) is 26.8. The van der Waals surface area contributed by atoms with Crippen LogP contribution in [0.25, 0.3) is 0 Å². The number of amides is 2. The van der Waals surface area contributed by atoms with E-state index in [4.69, 9.17) is 0 Å². The molecule has 3 aliphatic carbocycles. The Balaban J connectivity index is 1.42. The Morgan fingerprint density at radius 3 is 1.45 bits per heavy atom. The molecule has 7 rings (SSSR count). The molecule has 1 fully saturated rings. The van der Waals surface area contributed by atoms with E-state index in [1.807, 2.05) is 54.6 Å². The molecule has 1 saturated heterocycles. The molecular formula is C26H21NO2. The molecule has 1 heterocycles. The number of benzene rings is 3. The number of nitrogens with zero attached hydrogens (tertiary/aromatic N) is 1. The first-order valence-corrected chi connectivity index (χ1v) is 10.3. The second-order valence-corrected chi connectivity index (χ2v) is 8.33. The van der Waals surface area contributed by atoms with Crippen molar-refractivity contribution in [2.45, 2.75) is 18.3 Å². The quantitative estimate of drug-likeness (QED) is 0.642. The summed E-state index contributed by atoms with van der Waals surface area (Å²) in [6.07, 6.45) is 0.701. The predicted molar refractivity (Wildman–Crippen MR) is 110 cm³/mol. The van der Waals surface area contributed by atoms with Crippen molar-refractivity contribution >= 4 is 11.8 Å². The summed E-state index contributed by atoms with van der Waals surface area (Å²) in [6.45, 7) is 0.459. The number of carbonyl (C=O) groups is 2. The molecule has 0 saturated carbocycles. The smallest absolute Gasteiger partial charge is 0.234 e. The average molecular weight is 379 g/mol. The zero-order valence-electron chi connectivity index (χ0n) is 16.0. The van der Waals surface area contributed by atoms with E-state index >= 15 is 0 Å². The molecule has 1 aliphatic heterocycles. The van der Waals surface area contributed by atoms with Crippen LogP contribution in [0.2, 0.25) is 0 Å². The summed E-state index contributed by atoms with van der Waals surface area (Å²) in [4.78, 5) is 28.5. The SMILES string of the molecule is O=C1[C@H]2C3c4ccccc4C(c4ccccc43)[C@@H]2C(=O)N1CCc1ccccc1. The van der Waals surface area contributed by atoms with Gasteiger partial charge in [-0.2, -0.15) is 0 Å². The van der Waals surface area contributed by atoms with Crippen molar-refractivity contribution in [2.24, 2.45) is 11.8 Å². The molecule has 29 heavy (non-hydrogen) atoms. The maximum atomic E-state index is 13.5. The van der Waals surface area contributed by atoms with Gasteiger partial charge in [0.15, 0.2) is 0 Å². The Kier molecular flexibility index (Phi) is 3.55. The lowest BCUT2D eigenvalue weighted by Crippen LogP contribution is -2.41. The van der Waals surface area contributed by atoms with Crippen LogP contribution < -0.4 is 0 Å². The standard InChI is InChI=1S/C26H21NO2/c28-25-23-21-17-10-4-5-11-18(17)22(20-13-7-6-12-19(20)21)24(23)26(29)27(25)15-14-16-8-2-1-3-9-16/h1-13,21-24H,14-15H2/t21?,22?,23-,24-/m0/s1. The van der Waals surface area contributed by atoms with E-state index in [0.29, 0.717) is 13.0 Å². The van der Waals surface area contributed by atoms with Gasteiger partial charge in [-0.3, -0.25) is 14.5 Å². The fraction of sp³-hybridized carbons (Fsp3) is 0.231. The summed E-state index contributed by atoms with van der Waals surface area (Å²) in [7, 11) is 0. The third-order valence-corrected chi connectivity index (χ3v) is 7.01. The van der Waals surface area contributed by atoms with Crippen molar-refractivity contribution in [3.63, 3.8) is 0 Å². The molecule has 0 spiro atoms. The van der Waals surface area contributed by atoms with E-state index in [1.54, 1.807) is 4.90 Å². The van der Waals surface area contributed by atoms with Crippen LogP contribution in [0, 0.1) is 11.8 Å². The highest BCUT2D eigenvalue weighted by atomic mass is 16.2.